The lowest BCUT2D eigenvalue weighted by Crippen LogP contribution is -2.47. The van der Waals surface area contributed by atoms with Gasteiger partial charge in [-0.3, -0.25) is 4.79 Å². The molecule has 1 N–H and O–H groups in total. The molecule has 1 aliphatic rings. The highest BCUT2D eigenvalue weighted by Gasteiger charge is 2.53. The molecule has 6 heteroatoms. The summed E-state index contributed by atoms with van der Waals surface area (Å²) in [5.41, 5.74) is 4.14. The Morgan fingerprint density at radius 2 is 1.62 bits per heavy atom. The van der Waals surface area contributed by atoms with Crippen LogP contribution in [0, 0.1) is 20.8 Å². The summed E-state index contributed by atoms with van der Waals surface area (Å²) in [4.78, 5) is 15.7. The number of aryl methyl sites for hydroxylation is 3. The van der Waals surface area contributed by atoms with E-state index < -0.39 is 20.5 Å². The number of nitrogens with zero attached hydrogens (tertiary/aromatic N) is 1. The van der Waals surface area contributed by atoms with E-state index in [2.05, 4.69) is 5.32 Å². The summed E-state index contributed by atoms with van der Waals surface area (Å²) in [6, 6.07) is 11.1. The number of carbonyl (C=O) groups excluding carboxylic acids is 1. The summed E-state index contributed by atoms with van der Waals surface area (Å²) in [6.45, 7) is 5.58. The average molecular weight is 415 g/mol. The molecule has 0 unspecified atom stereocenters. The Morgan fingerprint density at radius 3 is 2.21 bits per heavy atom. The minimum absolute atomic E-state index is 0.272. The van der Waals surface area contributed by atoms with Gasteiger partial charge in [0, 0.05) is 25.5 Å². The number of rotatable bonds is 5. The molecule has 0 saturated heterocycles. The van der Waals surface area contributed by atoms with E-state index in [1.807, 2.05) is 63.2 Å². The maximum atomic E-state index is 13.7. The standard InChI is InChI=1S/C23H30N2O3S/c1-16-8-9-17(2)21(14-16)29(27,28)23(12-6-7-13-23)22(26)24-20-11-10-19(25(4)5)15-18(20)3/h8-11,14-15H,6-7,12-13H2,1-5H3,(H,24,26). The molecule has 0 spiro atoms. The number of benzene rings is 2. The molecule has 0 aliphatic heterocycles. The van der Waals surface area contributed by atoms with Crippen LogP contribution < -0.4 is 10.2 Å². The van der Waals surface area contributed by atoms with Crippen molar-refractivity contribution >= 4 is 27.1 Å². The Labute approximate surface area is 174 Å². The lowest BCUT2D eigenvalue weighted by atomic mass is 10.1. The third-order valence-corrected chi connectivity index (χ3v) is 8.59. The van der Waals surface area contributed by atoms with Crippen LogP contribution in [0.15, 0.2) is 41.3 Å². The van der Waals surface area contributed by atoms with Gasteiger partial charge >= 0.3 is 0 Å². The van der Waals surface area contributed by atoms with Crippen molar-refractivity contribution in [1.82, 2.24) is 0 Å². The molecule has 0 atom stereocenters. The second kappa shape index (κ2) is 7.82. The molecule has 2 aromatic carbocycles. The van der Waals surface area contributed by atoms with E-state index >= 15 is 0 Å². The van der Waals surface area contributed by atoms with E-state index in [9.17, 15) is 13.2 Å². The molecule has 156 valence electrons. The van der Waals surface area contributed by atoms with Gasteiger partial charge < -0.3 is 10.2 Å². The second-order valence-electron chi connectivity index (χ2n) is 8.32. The van der Waals surface area contributed by atoms with Crippen LogP contribution in [0.5, 0.6) is 0 Å². The van der Waals surface area contributed by atoms with Gasteiger partial charge in [-0.25, -0.2) is 8.42 Å². The first kappa shape index (κ1) is 21.4. The monoisotopic (exact) mass is 414 g/mol. The molecule has 29 heavy (non-hydrogen) atoms. The van der Waals surface area contributed by atoms with Crippen LogP contribution in [0.3, 0.4) is 0 Å². The minimum atomic E-state index is -3.83. The van der Waals surface area contributed by atoms with E-state index in [4.69, 9.17) is 0 Å². The zero-order chi connectivity index (χ0) is 21.4. The summed E-state index contributed by atoms with van der Waals surface area (Å²) < 4.78 is 26.0. The van der Waals surface area contributed by atoms with Gasteiger partial charge in [0.2, 0.25) is 5.91 Å². The van der Waals surface area contributed by atoms with Crippen LogP contribution in [-0.4, -0.2) is 33.2 Å². The Hall–Kier alpha value is -2.34. The Balaban J connectivity index is 2.01. The molecule has 0 bridgehead atoms. The summed E-state index contributed by atoms with van der Waals surface area (Å²) >= 11 is 0. The first-order valence-corrected chi connectivity index (χ1v) is 11.5. The first-order chi connectivity index (χ1) is 13.6. The molecule has 5 nitrogen and oxygen atoms in total. The molecular formula is C23H30N2O3S. The van der Waals surface area contributed by atoms with Crippen molar-refractivity contribution in [1.29, 1.82) is 0 Å². The van der Waals surface area contributed by atoms with Crippen LogP contribution in [0.1, 0.15) is 42.4 Å². The van der Waals surface area contributed by atoms with Gasteiger partial charge in [0.25, 0.3) is 0 Å². The number of amides is 1. The maximum Gasteiger partial charge on any atom is 0.246 e. The van der Waals surface area contributed by atoms with Crippen molar-refractivity contribution < 1.29 is 13.2 Å². The summed E-state index contributed by atoms with van der Waals surface area (Å²) in [7, 11) is 0.0838. The van der Waals surface area contributed by atoms with Gasteiger partial charge in [0.15, 0.2) is 14.6 Å². The largest absolute Gasteiger partial charge is 0.378 e. The fraction of sp³-hybridized carbons (Fsp3) is 0.435. The number of carbonyl (C=O) groups is 1. The van der Waals surface area contributed by atoms with Crippen molar-refractivity contribution in [3.8, 4) is 0 Å². The fourth-order valence-electron chi connectivity index (χ4n) is 4.07. The SMILES string of the molecule is Cc1ccc(C)c(S(=O)(=O)C2(C(=O)Nc3ccc(N(C)C)cc3C)CCCC2)c1. The third kappa shape index (κ3) is 3.78. The topological polar surface area (TPSA) is 66.5 Å². The molecular weight excluding hydrogens is 384 g/mol. The van der Waals surface area contributed by atoms with Gasteiger partial charge in [0.05, 0.1) is 4.90 Å². The molecule has 2 aromatic rings. The Bertz CT molecular complexity index is 1040. The quantitative estimate of drug-likeness (QED) is 0.787. The van der Waals surface area contributed by atoms with Crippen LogP contribution in [0.4, 0.5) is 11.4 Å². The van der Waals surface area contributed by atoms with Crippen LogP contribution in [-0.2, 0) is 14.6 Å². The molecule has 1 saturated carbocycles. The Morgan fingerprint density at radius 1 is 0.966 bits per heavy atom. The summed E-state index contributed by atoms with van der Waals surface area (Å²) in [5.74, 6) is -0.420. The zero-order valence-corrected chi connectivity index (χ0v) is 18.7. The van der Waals surface area contributed by atoms with Gasteiger partial charge in [-0.15, -0.1) is 0 Å². The van der Waals surface area contributed by atoms with E-state index in [0.717, 1.165) is 29.7 Å². The number of hydrogen-bond donors (Lipinski definition) is 1. The minimum Gasteiger partial charge on any atom is -0.378 e. The molecule has 1 aliphatic carbocycles. The zero-order valence-electron chi connectivity index (χ0n) is 17.9. The molecule has 3 rings (SSSR count). The summed E-state index contributed by atoms with van der Waals surface area (Å²) in [6.07, 6.45) is 2.17. The van der Waals surface area contributed by atoms with Crippen LogP contribution in [0.2, 0.25) is 0 Å². The van der Waals surface area contributed by atoms with Crippen molar-refractivity contribution in [2.24, 2.45) is 0 Å². The smallest absolute Gasteiger partial charge is 0.246 e. The molecule has 1 fully saturated rings. The highest BCUT2D eigenvalue weighted by Crippen LogP contribution is 2.42. The van der Waals surface area contributed by atoms with Gasteiger partial charge in [-0.05, 0) is 74.6 Å². The van der Waals surface area contributed by atoms with Crippen molar-refractivity contribution in [3.05, 3.63) is 53.1 Å². The van der Waals surface area contributed by atoms with Crippen molar-refractivity contribution in [2.75, 3.05) is 24.3 Å². The second-order valence-corrected chi connectivity index (χ2v) is 10.5. The maximum absolute atomic E-state index is 13.7. The highest BCUT2D eigenvalue weighted by molar-refractivity contribution is 7.93. The lowest BCUT2D eigenvalue weighted by Gasteiger charge is -2.29. The third-order valence-electron chi connectivity index (χ3n) is 5.95. The number of anilines is 2. The average Bonchev–Trinajstić information content (AvgIpc) is 3.17. The predicted molar refractivity (Wildman–Crippen MR) is 118 cm³/mol. The number of hydrogen-bond acceptors (Lipinski definition) is 4. The number of sulfone groups is 1. The molecule has 0 radical (unpaired) electrons. The van der Waals surface area contributed by atoms with E-state index in [1.165, 1.54) is 0 Å². The van der Waals surface area contributed by atoms with Crippen molar-refractivity contribution in [2.45, 2.75) is 56.1 Å². The normalized spacial score (nSPS) is 15.9. The van der Waals surface area contributed by atoms with E-state index in [1.54, 1.807) is 13.0 Å². The molecule has 0 heterocycles. The molecule has 0 aromatic heterocycles. The first-order valence-electron chi connectivity index (χ1n) is 10.00. The van der Waals surface area contributed by atoms with Gasteiger partial charge in [0.1, 0.15) is 0 Å². The van der Waals surface area contributed by atoms with E-state index in [-0.39, 0.29) is 4.90 Å². The fourth-order valence-corrected chi connectivity index (χ4v) is 6.45. The van der Waals surface area contributed by atoms with Gasteiger partial charge in [-0.2, -0.15) is 0 Å². The predicted octanol–water partition coefficient (Wildman–Crippen LogP) is 4.40. The van der Waals surface area contributed by atoms with Crippen LogP contribution in [0.25, 0.3) is 0 Å². The molecule has 1 amide bonds. The summed E-state index contributed by atoms with van der Waals surface area (Å²) in [5, 5.41) is 2.93. The lowest BCUT2D eigenvalue weighted by molar-refractivity contribution is -0.118. The van der Waals surface area contributed by atoms with Crippen molar-refractivity contribution in [3.63, 3.8) is 0 Å². The van der Waals surface area contributed by atoms with Gasteiger partial charge in [-0.1, -0.05) is 25.0 Å². The van der Waals surface area contributed by atoms with Crippen LogP contribution >= 0.6 is 0 Å². The Kier molecular flexibility index (Phi) is 5.77. The van der Waals surface area contributed by atoms with E-state index in [0.29, 0.717) is 24.1 Å². The number of nitrogens with one attached hydrogen (secondary N) is 1. The highest BCUT2D eigenvalue weighted by atomic mass is 32.2.